The summed E-state index contributed by atoms with van der Waals surface area (Å²) in [6.07, 6.45) is 4.12. The van der Waals surface area contributed by atoms with Gasteiger partial charge in [0.05, 0.1) is 5.60 Å². The molecular formula is C19H28F2O5. The number of halogens is 2. The largest absolute Gasteiger partial charge is 0.458 e. The highest BCUT2D eigenvalue weighted by molar-refractivity contribution is 5.77. The monoisotopic (exact) mass is 374 g/mol. The van der Waals surface area contributed by atoms with Crippen LogP contribution < -0.4 is 0 Å². The van der Waals surface area contributed by atoms with Gasteiger partial charge in [0.15, 0.2) is 0 Å². The first-order chi connectivity index (χ1) is 11.8. The van der Waals surface area contributed by atoms with Crippen molar-refractivity contribution in [3.63, 3.8) is 0 Å². The van der Waals surface area contributed by atoms with Crippen LogP contribution in [0.5, 0.6) is 0 Å². The van der Waals surface area contributed by atoms with Gasteiger partial charge in [-0.25, -0.2) is 9.59 Å². The fourth-order valence-electron chi connectivity index (χ4n) is 5.25. The number of esters is 2. The van der Waals surface area contributed by atoms with Crippen LogP contribution in [-0.4, -0.2) is 41.3 Å². The van der Waals surface area contributed by atoms with Gasteiger partial charge in [0, 0.05) is 13.3 Å². The van der Waals surface area contributed by atoms with Crippen molar-refractivity contribution in [1.82, 2.24) is 0 Å². The Morgan fingerprint density at radius 3 is 2.04 bits per heavy atom. The first-order valence-corrected chi connectivity index (χ1v) is 9.27. The number of carbonyl (C=O) groups excluding carboxylic acids is 2. The lowest BCUT2D eigenvalue weighted by Crippen LogP contribution is -2.62. The number of hydrogen-bond acceptors (Lipinski definition) is 5. The highest BCUT2D eigenvalue weighted by Crippen LogP contribution is 2.60. The SMILES string of the molecule is CC(C)(C)OC(=O)COC12CC3CC(C1)CC(OC(=O)C(C)(F)F)(C3)C2. The highest BCUT2D eigenvalue weighted by atomic mass is 19.3. The minimum absolute atomic E-state index is 0.176. The zero-order valence-electron chi connectivity index (χ0n) is 15.9. The zero-order chi connectivity index (χ0) is 19.4. The van der Waals surface area contributed by atoms with Crippen molar-refractivity contribution in [2.45, 2.75) is 88.9 Å². The molecule has 7 heteroatoms. The van der Waals surface area contributed by atoms with E-state index in [-0.39, 0.29) is 18.4 Å². The van der Waals surface area contributed by atoms with Gasteiger partial charge < -0.3 is 14.2 Å². The summed E-state index contributed by atoms with van der Waals surface area (Å²) in [5.41, 5.74) is -2.08. The van der Waals surface area contributed by atoms with Crippen LogP contribution in [0.2, 0.25) is 0 Å². The zero-order valence-corrected chi connectivity index (χ0v) is 15.9. The first-order valence-electron chi connectivity index (χ1n) is 9.27. The lowest BCUT2D eigenvalue weighted by molar-refractivity contribution is -0.245. The van der Waals surface area contributed by atoms with E-state index < -0.39 is 34.7 Å². The molecule has 5 nitrogen and oxygen atoms in total. The average Bonchev–Trinajstić information content (AvgIpc) is 2.40. The van der Waals surface area contributed by atoms with Crippen LogP contribution in [0.15, 0.2) is 0 Å². The molecule has 0 heterocycles. The third-order valence-electron chi connectivity index (χ3n) is 5.54. The molecule has 2 unspecified atom stereocenters. The van der Waals surface area contributed by atoms with Crippen molar-refractivity contribution >= 4 is 11.9 Å². The Hall–Kier alpha value is -1.24. The van der Waals surface area contributed by atoms with Gasteiger partial charge in [-0.1, -0.05) is 0 Å². The predicted octanol–water partition coefficient (Wildman–Crippen LogP) is 3.63. The predicted molar refractivity (Wildman–Crippen MR) is 88.7 cm³/mol. The van der Waals surface area contributed by atoms with Crippen LogP contribution in [0, 0.1) is 11.8 Å². The van der Waals surface area contributed by atoms with E-state index in [2.05, 4.69) is 0 Å². The van der Waals surface area contributed by atoms with Gasteiger partial charge in [0.2, 0.25) is 0 Å². The minimum atomic E-state index is -3.51. The van der Waals surface area contributed by atoms with Gasteiger partial charge in [-0.15, -0.1) is 0 Å². The molecule has 0 radical (unpaired) electrons. The van der Waals surface area contributed by atoms with Crippen LogP contribution >= 0.6 is 0 Å². The van der Waals surface area contributed by atoms with E-state index in [0.717, 1.165) is 19.3 Å². The number of hydrogen-bond donors (Lipinski definition) is 0. The lowest BCUT2D eigenvalue weighted by Gasteiger charge is -2.60. The summed E-state index contributed by atoms with van der Waals surface area (Å²) in [7, 11) is 0. The summed E-state index contributed by atoms with van der Waals surface area (Å²) in [4.78, 5) is 23.8. The van der Waals surface area contributed by atoms with E-state index in [1.54, 1.807) is 20.8 Å². The van der Waals surface area contributed by atoms with Crippen LogP contribution in [0.3, 0.4) is 0 Å². The fraction of sp³-hybridized carbons (Fsp3) is 0.895. The van der Waals surface area contributed by atoms with Crippen molar-refractivity contribution in [1.29, 1.82) is 0 Å². The number of alkyl halides is 2. The standard InChI is InChI=1S/C19H28F2O5/c1-16(2,3)25-14(22)10-24-18-6-12-5-13(7-18)9-19(8-12,11-18)26-15(23)17(4,20)21/h12-13H,5-11H2,1-4H3. The third kappa shape index (κ3) is 4.18. The summed E-state index contributed by atoms with van der Waals surface area (Å²) in [6, 6.07) is 0. The Balaban J connectivity index is 1.69. The molecule has 0 amide bonds. The molecule has 0 aromatic heterocycles. The van der Waals surface area contributed by atoms with Crippen molar-refractivity contribution < 1.29 is 32.6 Å². The normalized spacial score (nSPS) is 36.1. The maximum absolute atomic E-state index is 13.3. The van der Waals surface area contributed by atoms with E-state index in [4.69, 9.17) is 14.2 Å². The summed E-state index contributed by atoms with van der Waals surface area (Å²) in [5.74, 6) is -4.88. The molecule has 4 bridgehead atoms. The Labute approximate surface area is 152 Å². The molecule has 0 saturated heterocycles. The molecule has 0 aromatic rings. The van der Waals surface area contributed by atoms with Crippen LogP contribution in [0.1, 0.15) is 66.2 Å². The van der Waals surface area contributed by atoms with E-state index >= 15 is 0 Å². The van der Waals surface area contributed by atoms with Crippen LogP contribution in [-0.2, 0) is 23.8 Å². The number of ether oxygens (including phenoxy) is 3. The molecule has 148 valence electrons. The molecule has 2 atom stereocenters. The molecule has 0 N–H and O–H groups in total. The maximum Gasteiger partial charge on any atom is 0.377 e. The van der Waals surface area contributed by atoms with Crippen molar-refractivity contribution in [3.8, 4) is 0 Å². The maximum atomic E-state index is 13.3. The van der Waals surface area contributed by atoms with E-state index in [1.165, 1.54) is 0 Å². The molecule has 0 aliphatic heterocycles. The van der Waals surface area contributed by atoms with Gasteiger partial charge in [-0.3, -0.25) is 0 Å². The second kappa shape index (κ2) is 6.14. The van der Waals surface area contributed by atoms with Gasteiger partial charge in [0.25, 0.3) is 0 Å². The molecular weight excluding hydrogens is 346 g/mol. The molecule has 4 saturated carbocycles. The highest BCUT2D eigenvalue weighted by Gasteiger charge is 2.61. The fourth-order valence-corrected chi connectivity index (χ4v) is 5.25. The molecule has 0 spiro atoms. The number of rotatable bonds is 5. The molecule has 4 aliphatic carbocycles. The lowest BCUT2D eigenvalue weighted by atomic mass is 9.52. The topological polar surface area (TPSA) is 61.8 Å². The summed E-state index contributed by atoms with van der Waals surface area (Å²) >= 11 is 0. The quantitative estimate of drug-likeness (QED) is 0.688. The Bertz CT molecular complexity index is 576. The Morgan fingerprint density at radius 2 is 1.54 bits per heavy atom. The second-order valence-electron chi connectivity index (χ2n) is 9.48. The average molecular weight is 374 g/mol. The molecule has 0 aromatic carbocycles. The van der Waals surface area contributed by atoms with Crippen LogP contribution in [0.25, 0.3) is 0 Å². The Morgan fingerprint density at radius 1 is 1.00 bits per heavy atom. The summed E-state index contributed by atoms with van der Waals surface area (Å²) in [6.45, 7) is 5.74. The molecule has 4 aliphatic rings. The van der Waals surface area contributed by atoms with Crippen molar-refractivity contribution in [2.24, 2.45) is 11.8 Å². The Kier molecular flexibility index (Phi) is 4.61. The van der Waals surface area contributed by atoms with E-state index in [1.807, 2.05) is 0 Å². The van der Waals surface area contributed by atoms with Crippen LogP contribution in [0.4, 0.5) is 8.78 Å². The van der Waals surface area contributed by atoms with Crippen molar-refractivity contribution in [2.75, 3.05) is 6.61 Å². The van der Waals surface area contributed by atoms with E-state index in [0.29, 0.717) is 26.2 Å². The van der Waals surface area contributed by atoms with Gasteiger partial charge >= 0.3 is 17.9 Å². The summed E-state index contributed by atoms with van der Waals surface area (Å²) in [5, 5.41) is 0. The second-order valence-corrected chi connectivity index (χ2v) is 9.48. The van der Waals surface area contributed by atoms with E-state index in [9.17, 15) is 18.4 Å². The van der Waals surface area contributed by atoms with Gasteiger partial charge in [0.1, 0.15) is 17.8 Å². The van der Waals surface area contributed by atoms with Crippen molar-refractivity contribution in [3.05, 3.63) is 0 Å². The third-order valence-corrected chi connectivity index (χ3v) is 5.54. The smallest absolute Gasteiger partial charge is 0.377 e. The molecule has 26 heavy (non-hydrogen) atoms. The molecule has 4 rings (SSSR count). The molecule has 4 fully saturated rings. The number of carbonyl (C=O) groups is 2. The minimum Gasteiger partial charge on any atom is -0.458 e. The van der Waals surface area contributed by atoms with Gasteiger partial charge in [-0.05, 0) is 64.7 Å². The van der Waals surface area contributed by atoms with Gasteiger partial charge in [-0.2, -0.15) is 8.78 Å². The summed E-state index contributed by atoms with van der Waals surface area (Å²) < 4.78 is 43.3. The first kappa shape index (κ1) is 19.5.